The van der Waals surface area contributed by atoms with Crippen molar-refractivity contribution in [3.8, 4) is 0 Å². The van der Waals surface area contributed by atoms with E-state index in [9.17, 15) is 14.9 Å². The second kappa shape index (κ2) is 6.56. The average molecular weight is 300 g/mol. The van der Waals surface area contributed by atoms with E-state index >= 15 is 0 Å². The fourth-order valence-corrected chi connectivity index (χ4v) is 1.69. The Bertz CT molecular complexity index is 532. The van der Waals surface area contributed by atoms with Crippen molar-refractivity contribution < 1.29 is 9.72 Å². The third-order valence-electron chi connectivity index (χ3n) is 3.29. The number of nitrogen functional groups attached to an aromatic ring is 1. The lowest BCUT2D eigenvalue weighted by atomic mass is 9.98. The molecule has 0 aliphatic carbocycles. The van der Waals surface area contributed by atoms with Gasteiger partial charge in [-0.3, -0.25) is 14.9 Å². The van der Waals surface area contributed by atoms with Crippen molar-refractivity contribution in [2.75, 3.05) is 12.3 Å². The first-order valence-corrected chi connectivity index (χ1v) is 6.63. The quantitative estimate of drug-likeness (QED) is 0.496. The Kier molecular flexibility index (Phi) is 5.33. The maximum Gasteiger partial charge on any atom is 0.294 e. The van der Waals surface area contributed by atoms with E-state index in [4.69, 9.17) is 17.3 Å². The van der Waals surface area contributed by atoms with Crippen LogP contribution in [-0.2, 0) is 0 Å². The number of hydrogen-bond acceptors (Lipinski definition) is 4. The van der Waals surface area contributed by atoms with Gasteiger partial charge in [0.15, 0.2) is 0 Å². The van der Waals surface area contributed by atoms with E-state index in [2.05, 4.69) is 19.2 Å². The van der Waals surface area contributed by atoms with Crippen LogP contribution in [0.2, 0.25) is 5.02 Å². The lowest BCUT2D eigenvalue weighted by Crippen LogP contribution is -2.30. The van der Waals surface area contributed by atoms with Crippen molar-refractivity contribution in [3.05, 3.63) is 32.8 Å². The number of halogens is 1. The van der Waals surface area contributed by atoms with Crippen molar-refractivity contribution in [3.63, 3.8) is 0 Å². The summed E-state index contributed by atoms with van der Waals surface area (Å²) in [6, 6.07) is 2.47. The second-order valence-corrected chi connectivity index (χ2v) is 5.49. The van der Waals surface area contributed by atoms with Gasteiger partial charge < -0.3 is 11.1 Å². The zero-order chi connectivity index (χ0) is 15.4. The molecule has 3 N–H and O–H groups in total. The van der Waals surface area contributed by atoms with Gasteiger partial charge in [-0.2, -0.15) is 0 Å². The van der Waals surface area contributed by atoms with Gasteiger partial charge in [-0.25, -0.2) is 0 Å². The van der Waals surface area contributed by atoms with Gasteiger partial charge in [0.05, 0.1) is 9.95 Å². The van der Waals surface area contributed by atoms with Gasteiger partial charge in [0.25, 0.3) is 11.6 Å². The lowest BCUT2D eigenvalue weighted by molar-refractivity contribution is -0.383. The molecular formula is C13H18ClN3O3. The lowest BCUT2D eigenvalue weighted by Gasteiger charge is -2.16. The number of nitrogens with one attached hydrogen (secondary N) is 1. The van der Waals surface area contributed by atoms with E-state index in [-0.39, 0.29) is 22.0 Å². The second-order valence-electron chi connectivity index (χ2n) is 5.08. The smallest absolute Gasteiger partial charge is 0.294 e. The number of anilines is 1. The van der Waals surface area contributed by atoms with Crippen molar-refractivity contribution >= 4 is 28.9 Å². The maximum absolute atomic E-state index is 12.0. The standard InChI is InChI=1S/C13H18ClN3O3/c1-7(2)8(3)6-16-13(18)9-4-10(14)12(15)11(5-9)17(19)20/h4-5,7-8H,6,15H2,1-3H3,(H,16,18). The van der Waals surface area contributed by atoms with Crippen molar-refractivity contribution in [1.82, 2.24) is 5.32 Å². The molecule has 0 saturated carbocycles. The fourth-order valence-electron chi connectivity index (χ4n) is 1.48. The summed E-state index contributed by atoms with van der Waals surface area (Å²) in [4.78, 5) is 22.2. The number of nitrogens with two attached hydrogens (primary N) is 1. The monoisotopic (exact) mass is 299 g/mol. The molecule has 0 bridgehead atoms. The van der Waals surface area contributed by atoms with Gasteiger partial charge in [-0.15, -0.1) is 0 Å². The molecule has 0 heterocycles. The number of nitro groups is 1. The maximum atomic E-state index is 12.0. The molecule has 0 spiro atoms. The molecule has 1 atom stereocenters. The van der Waals surface area contributed by atoms with E-state index in [1.807, 2.05) is 6.92 Å². The number of benzene rings is 1. The molecule has 1 aromatic rings. The minimum atomic E-state index is -0.658. The third-order valence-corrected chi connectivity index (χ3v) is 3.60. The largest absolute Gasteiger partial charge is 0.392 e. The zero-order valence-electron chi connectivity index (χ0n) is 11.6. The molecule has 0 aliphatic rings. The van der Waals surface area contributed by atoms with Crippen LogP contribution in [0.1, 0.15) is 31.1 Å². The molecule has 0 aliphatic heterocycles. The van der Waals surface area contributed by atoms with E-state index in [0.29, 0.717) is 18.4 Å². The van der Waals surface area contributed by atoms with E-state index in [1.165, 1.54) is 6.07 Å². The molecular weight excluding hydrogens is 282 g/mol. The molecule has 110 valence electrons. The summed E-state index contributed by atoms with van der Waals surface area (Å²) < 4.78 is 0. The van der Waals surface area contributed by atoms with Crippen LogP contribution >= 0.6 is 11.6 Å². The highest BCUT2D eigenvalue weighted by Crippen LogP contribution is 2.30. The minimum absolute atomic E-state index is 0.00116. The molecule has 0 fully saturated rings. The molecule has 6 nitrogen and oxygen atoms in total. The van der Waals surface area contributed by atoms with Gasteiger partial charge >= 0.3 is 0 Å². The minimum Gasteiger partial charge on any atom is -0.392 e. The Morgan fingerprint density at radius 1 is 1.45 bits per heavy atom. The topological polar surface area (TPSA) is 98.3 Å². The molecule has 0 saturated heterocycles. The van der Waals surface area contributed by atoms with Crippen molar-refractivity contribution in [2.45, 2.75) is 20.8 Å². The summed E-state index contributed by atoms with van der Waals surface area (Å²) in [5.41, 5.74) is 5.14. The molecule has 0 radical (unpaired) electrons. The summed E-state index contributed by atoms with van der Waals surface area (Å²) in [6.45, 7) is 6.62. The van der Waals surface area contributed by atoms with Crippen LogP contribution in [0.5, 0.6) is 0 Å². The highest BCUT2D eigenvalue weighted by atomic mass is 35.5. The van der Waals surface area contributed by atoms with E-state index < -0.39 is 10.8 Å². The van der Waals surface area contributed by atoms with E-state index in [0.717, 1.165) is 6.07 Å². The molecule has 0 aromatic heterocycles. The molecule has 1 rings (SSSR count). The van der Waals surface area contributed by atoms with Gasteiger partial charge in [0.2, 0.25) is 0 Å². The Morgan fingerprint density at radius 3 is 2.55 bits per heavy atom. The molecule has 1 unspecified atom stereocenters. The van der Waals surface area contributed by atoms with Crippen LogP contribution in [0.4, 0.5) is 11.4 Å². The number of carbonyl (C=O) groups excluding carboxylic acids is 1. The summed E-state index contributed by atoms with van der Waals surface area (Å²) in [6.07, 6.45) is 0. The third kappa shape index (κ3) is 3.84. The van der Waals surface area contributed by atoms with Gasteiger partial charge in [0.1, 0.15) is 5.69 Å². The molecule has 20 heavy (non-hydrogen) atoms. The van der Waals surface area contributed by atoms with Crippen LogP contribution < -0.4 is 11.1 Å². The Hall–Kier alpha value is -1.82. The summed E-state index contributed by atoms with van der Waals surface area (Å²) >= 11 is 5.81. The first kappa shape index (κ1) is 16.2. The molecule has 1 amide bonds. The van der Waals surface area contributed by atoms with Crippen LogP contribution in [0.15, 0.2) is 12.1 Å². The van der Waals surface area contributed by atoms with Crippen LogP contribution in [0.25, 0.3) is 0 Å². The number of amides is 1. The molecule has 1 aromatic carbocycles. The fraction of sp³-hybridized carbons (Fsp3) is 0.462. The predicted molar refractivity (Wildman–Crippen MR) is 78.9 cm³/mol. The average Bonchev–Trinajstić information content (AvgIpc) is 2.37. The van der Waals surface area contributed by atoms with E-state index in [1.54, 1.807) is 0 Å². The summed E-state index contributed by atoms with van der Waals surface area (Å²) in [5, 5.41) is 13.6. The summed E-state index contributed by atoms with van der Waals surface area (Å²) in [5.74, 6) is 0.334. The van der Waals surface area contributed by atoms with Crippen LogP contribution in [0, 0.1) is 22.0 Å². The Balaban J connectivity index is 2.91. The van der Waals surface area contributed by atoms with Gasteiger partial charge in [-0.05, 0) is 17.9 Å². The first-order chi connectivity index (χ1) is 9.23. The van der Waals surface area contributed by atoms with Crippen molar-refractivity contribution in [1.29, 1.82) is 0 Å². The summed E-state index contributed by atoms with van der Waals surface area (Å²) in [7, 11) is 0. The number of rotatable bonds is 5. The normalized spacial score (nSPS) is 12.2. The Labute approximate surface area is 122 Å². The molecule has 7 heteroatoms. The first-order valence-electron chi connectivity index (χ1n) is 6.25. The zero-order valence-corrected chi connectivity index (χ0v) is 12.4. The Morgan fingerprint density at radius 2 is 2.05 bits per heavy atom. The highest BCUT2D eigenvalue weighted by Gasteiger charge is 2.19. The SMILES string of the molecule is CC(C)C(C)CNC(=O)c1cc(Cl)c(N)c([N+](=O)[O-])c1. The van der Waals surface area contributed by atoms with Crippen molar-refractivity contribution in [2.24, 2.45) is 11.8 Å². The number of carbonyl (C=O) groups is 1. The van der Waals surface area contributed by atoms with Crippen LogP contribution in [-0.4, -0.2) is 17.4 Å². The number of nitrogens with zero attached hydrogens (tertiary/aromatic N) is 1. The van der Waals surface area contributed by atoms with Gasteiger partial charge in [0, 0.05) is 18.2 Å². The van der Waals surface area contributed by atoms with Crippen LogP contribution in [0.3, 0.4) is 0 Å². The number of hydrogen-bond donors (Lipinski definition) is 2. The predicted octanol–water partition coefficient (Wildman–Crippen LogP) is 2.85. The van der Waals surface area contributed by atoms with Gasteiger partial charge in [-0.1, -0.05) is 32.4 Å². The highest BCUT2D eigenvalue weighted by molar-refractivity contribution is 6.34. The number of nitro benzene ring substituents is 1.